The third-order valence-electron chi connectivity index (χ3n) is 7.42. The zero-order valence-electron chi connectivity index (χ0n) is 18.9. The van der Waals surface area contributed by atoms with Gasteiger partial charge in [-0.05, 0) is 31.7 Å². The molecular formula is C23H28F3N5O3. The first kappa shape index (κ1) is 23.1. The molecule has 0 spiro atoms. The van der Waals surface area contributed by atoms with Crippen molar-refractivity contribution in [3.63, 3.8) is 0 Å². The number of carbonyl (C=O) groups excluding carboxylic acids is 2. The smallest absolute Gasteiger partial charge is 0.380 e. The number of nitrogens with one attached hydrogen (secondary N) is 4. The number of hydrogen-bond acceptors (Lipinski definition) is 6. The van der Waals surface area contributed by atoms with E-state index in [1.807, 2.05) is 0 Å². The van der Waals surface area contributed by atoms with Crippen LogP contribution in [-0.2, 0) is 14.3 Å². The number of methoxy groups -OCH3 is 1. The first-order valence-corrected chi connectivity index (χ1v) is 11.5. The molecule has 1 aromatic rings. The van der Waals surface area contributed by atoms with Crippen LogP contribution in [0.1, 0.15) is 37.7 Å². The number of alkyl halides is 3. The molecule has 1 aliphatic carbocycles. The topological polar surface area (TPSA) is 94.7 Å². The van der Waals surface area contributed by atoms with Crippen molar-refractivity contribution < 1.29 is 27.5 Å². The fourth-order valence-corrected chi connectivity index (χ4v) is 5.83. The number of halogens is 3. The second-order valence-electron chi connectivity index (χ2n) is 9.33. The molecule has 4 aliphatic rings. The van der Waals surface area contributed by atoms with Crippen molar-refractivity contribution in [2.24, 2.45) is 5.92 Å². The molecular weight excluding hydrogens is 451 g/mol. The minimum absolute atomic E-state index is 0.185. The van der Waals surface area contributed by atoms with Crippen LogP contribution in [0.25, 0.3) is 0 Å². The molecule has 34 heavy (non-hydrogen) atoms. The number of carbonyl (C=O) groups is 2. The predicted molar refractivity (Wildman–Crippen MR) is 116 cm³/mol. The van der Waals surface area contributed by atoms with Gasteiger partial charge in [-0.25, -0.2) is 5.43 Å². The second kappa shape index (κ2) is 8.54. The highest BCUT2D eigenvalue weighted by Crippen LogP contribution is 2.42. The van der Waals surface area contributed by atoms with Gasteiger partial charge in [0.15, 0.2) is 0 Å². The van der Waals surface area contributed by atoms with Crippen molar-refractivity contribution in [1.29, 1.82) is 0 Å². The molecule has 3 heterocycles. The van der Waals surface area contributed by atoms with Gasteiger partial charge in [0.1, 0.15) is 18.4 Å². The van der Waals surface area contributed by atoms with Crippen LogP contribution in [0.4, 0.5) is 13.2 Å². The Bertz CT molecular complexity index is 1000. The van der Waals surface area contributed by atoms with Gasteiger partial charge in [-0.15, -0.1) is 0 Å². The van der Waals surface area contributed by atoms with E-state index in [4.69, 9.17) is 4.74 Å². The lowest BCUT2D eigenvalue weighted by Crippen LogP contribution is -2.69. The highest BCUT2D eigenvalue weighted by molar-refractivity contribution is 5.97. The number of nitrogens with zero attached hydrogens (tertiary/aromatic N) is 1. The zero-order valence-corrected chi connectivity index (χ0v) is 18.9. The van der Waals surface area contributed by atoms with Crippen molar-refractivity contribution in [2.75, 3.05) is 7.11 Å². The number of amides is 2. The van der Waals surface area contributed by atoms with Crippen LogP contribution >= 0.6 is 0 Å². The summed E-state index contributed by atoms with van der Waals surface area (Å²) in [5.74, 6) is -2.11. The van der Waals surface area contributed by atoms with E-state index < -0.39 is 36.4 Å². The van der Waals surface area contributed by atoms with E-state index in [0.717, 1.165) is 17.9 Å². The van der Waals surface area contributed by atoms with Crippen LogP contribution in [-0.4, -0.2) is 60.6 Å². The van der Waals surface area contributed by atoms with Crippen LogP contribution in [0.3, 0.4) is 0 Å². The number of ether oxygens (including phenoxy) is 1. The maximum atomic E-state index is 14.0. The van der Waals surface area contributed by atoms with E-state index in [2.05, 4.69) is 21.4 Å². The lowest BCUT2D eigenvalue weighted by Gasteiger charge is -2.45. The number of benzene rings is 1. The van der Waals surface area contributed by atoms with Crippen molar-refractivity contribution in [3.05, 3.63) is 47.2 Å². The van der Waals surface area contributed by atoms with Gasteiger partial charge in [0, 0.05) is 18.8 Å². The summed E-state index contributed by atoms with van der Waals surface area (Å²) >= 11 is 0. The normalized spacial score (nSPS) is 36.0. The Hall–Kier alpha value is -2.63. The maximum absolute atomic E-state index is 14.0. The SMILES string of the molecule is COC1CCCC2C(=O)NC(C3=C(C)NC4C(c5ccccc5)C(C(F)(F)F)NN4C3=O)NC12. The van der Waals surface area contributed by atoms with Gasteiger partial charge in [-0.3, -0.25) is 19.9 Å². The lowest BCUT2D eigenvalue weighted by molar-refractivity contribution is -0.161. The molecule has 7 unspecified atom stereocenters. The standard InChI is InChI=1S/C23H28F3N5O3/c1-11-15(19-28-17-13(21(32)29-19)9-6-10-14(17)34-2)22(33)31-20(27-11)16(12-7-4-3-5-8-12)18(30-31)23(24,25)26/h3-5,7-8,13-14,16-20,27-28,30H,6,9-10H2,1-2H3,(H,29,32). The van der Waals surface area contributed by atoms with Crippen molar-refractivity contribution in [1.82, 2.24) is 26.4 Å². The summed E-state index contributed by atoms with van der Waals surface area (Å²) < 4.78 is 47.6. The zero-order chi connectivity index (χ0) is 24.2. The summed E-state index contributed by atoms with van der Waals surface area (Å²) in [7, 11) is 1.59. The van der Waals surface area contributed by atoms with Crippen LogP contribution in [0, 0.1) is 5.92 Å². The summed E-state index contributed by atoms with van der Waals surface area (Å²) in [6, 6.07) is 6.13. The Morgan fingerprint density at radius 1 is 1.09 bits per heavy atom. The Balaban J connectivity index is 1.46. The molecule has 11 heteroatoms. The van der Waals surface area contributed by atoms with E-state index in [1.54, 1.807) is 44.4 Å². The fourth-order valence-electron chi connectivity index (χ4n) is 5.83. The Labute approximate surface area is 195 Å². The quantitative estimate of drug-likeness (QED) is 0.525. The molecule has 8 nitrogen and oxygen atoms in total. The Kier molecular flexibility index (Phi) is 5.81. The average molecular weight is 480 g/mol. The van der Waals surface area contributed by atoms with E-state index in [1.165, 1.54) is 0 Å². The number of hydrogen-bond donors (Lipinski definition) is 4. The second-order valence-corrected chi connectivity index (χ2v) is 9.33. The van der Waals surface area contributed by atoms with Gasteiger partial charge < -0.3 is 15.4 Å². The molecule has 2 saturated heterocycles. The highest BCUT2D eigenvalue weighted by atomic mass is 19.4. The van der Waals surface area contributed by atoms with Crippen LogP contribution < -0.4 is 21.4 Å². The largest absolute Gasteiger partial charge is 0.406 e. The number of allylic oxidation sites excluding steroid dienone is 1. The van der Waals surface area contributed by atoms with Crippen molar-refractivity contribution in [3.8, 4) is 0 Å². The summed E-state index contributed by atoms with van der Waals surface area (Å²) in [5, 5.41) is 10.3. The summed E-state index contributed by atoms with van der Waals surface area (Å²) in [6.07, 6.45) is -4.17. The van der Waals surface area contributed by atoms with Gasteiger partial charge in [0.05, 0.1) is 23.5 Å². The molecule has 3 fully saturated rings. The molecule has 1 saturated carbocycles. The average Bonchev–Trinajstić information content (AvgIpc) is 3.19. The van der Waals surface area contributed by atoms with Crippen LogP contribution in [0.5, 0.6) is 0 Å². The predicted octanol–water partition coefficient (Wildman–Crippen LogP) is 1.48. The number of rotatable bonds is 3. The fraction of sp³-hybridized carbons (Fsp3) is 0.565. The van der Waals surface area contributed by atoms with Gasteiger partial charge in [0.25, 0.3) is 5.91 Å². The van der Waals surface area contributed by atoms with Gasteiger partial charge in [-0.2, -0.15) is 13.2 Å². The van der Waals surface area contributed by atoms with E-state index >= 15 is 0 Å². The maximum Gasteiger partial charge on any atom is 0.406 e. The van der Waals surface area contributed by atoms with Crippen molar-refractivity contribution in [2.45, 2.75) is 68.8 Å². The minimum atomic E-state index is -4.58. The van der Waals surface area contributed by atoms with Crippen LogP contribution in [0.15, 0.2) is 41.6 Å². The number of fused-ring (bicyclic) bond motifs is 2. The molecule has 0 aromatic heterocycles. The van der Waals surface area contributed by atoms with Gasteiger partial charge in [-0.1, -0.05) is 30.3 Å². The summed E-state index contributed by atoms with van der Waals surface area (Å²) in [6.45, 7) is 1.65. The Morgan fingerprint density at radius 3 is 2.50 bits per heavy atom. The molecule has 2 amide bonds. The minimum Gasteiger partial charge on any atom is -0.380 e. The van der Waals surface area contributed by atoms with E-state index in [-0.39, 0.29) is 29.5 Å². The van der Waals surface area contributed by atoms with Crippen LogP contribution in [0.2, 0.25) is 0 Å². The molecule has 1 aromatic carbocycles. The molecule has 7 atom stereocenters. The molecule has 184 valence electrons. The lowest BCUT2D eigenvalue weighted by atomic mass is 9.79. The molecule has 4 N–H and O–H groups in total. The number of hydrazine groups is 1. The third-order valence-corrected chi connectivity index (χ3v) is 7.42. The molecule has 0 radical (unpaired) electrons. The molecule has 0 bridgehead atoms. The van der Waals surface area contributed by atoms with Crippen molar-refractivity contribution >= 4 is 11.8 Å². The summed E-state index contributed by atoms with van der Waals surface area (Å²) in [4.78, 5) is 26.4. The van der Waals surface area contributed by atoms with Gasteiger partial charge in [0.2, 0.25) is 5.91 Å². The monoisotopic (exact) mass is 479 g/mol. The molecule has 5 rings (SSSR count). The Morgan fingerprint density at radius 2 is 1.82 bits per heavy atom. The molecule has 3 aliphatic heterocycles. The highest BCUT2D eigenvalue weighted by Gasteiger charge is 2.58. The first-order chi connectivity index (χ1) is 16.2. The first-order valence-electron chi connectivity index (χ1n) is 11.5. The van der Waals surface area contributed by atoms with Gasteiger partial charge >= 0.3 is 6.18 Å². The van der Waals surface area contributed by atoms with E-state index in [9.17, 15) is 22.8 Å². The van der Waals surface area contributed by atoms with E-state index in [0.29, 0.717) is 17.7 Å². The third kappa shape index (κ3) is 3.75. The summed E-state index contributed by atoms with van der Waals surface area (Å²) in [5.41, 5.74) is 3.49.